The van der Waals surface area contributed by atoms with Gasteiger partial charge in [-0.2, -0.15) is 0 Å². The summed E-state index contributed by atoms with van der Waals surface area (Å²) >= 11 is 0. The van der Waals surface area contributed by atoms with Crippen LogP contribution in [0.3, 0.4) is 0 Å². The highest BCUT2D eigenvalue weighted by molar-refractivity contribution is 4.66. The molecule has 3 heteroatoms. The van der Waals surface area contributed by atoms with Gasteiger partial charge in [0.25, 0.3) is 0 Å². The SMILES string of the molecule is NC1CCCCC1.NC1CCOC1. The highest BCUT2D eigenvalue weighted by atomic mass is 16.5. The Bertz CT molecular complexity index is 118. The average molecular weight is 186 g/mol. The molecule has 2 aliphatic rings. The predicted octanol–water partition coefficient (Wildman–Crippen LogP) is 1.01. The fourth-order valence-corrected chi connectivity index (χ4v) is 1.69. The molecule has 0 spiro atoms. The molecule has 78 valence electrons. The third kappa shape index (κ3) is 5.24. The van der Waals surface area contributed by atoms with Crippen LogP contribution in [-0.2, 0) is 4.74 Å². The first kappa shape index (κ1) is 11.0. The average Bonchev–Trinajstić information content (AvgIpc) is 2.58. The maximum atomic E-state index is 5.63. The van der Waals surface area contributed by atoms with Crippen LogP contribution < -0.4 is 11.5 Å². The number of hydrogen-bond acceptors (Lipinski definition) is 3. The van der Waals surface area contributed by atoms with Gasteiger partial charge < -0.3 is 16.2 Å². The van der Waals surface area contributed by atoms with Crippen molar-refractivity contribution in [1.82, 2.24) is 0 Å². The van der Waals surface area contributed by atoms with Gasteiger partial charge in [-0.15, -0.1) is 0 Å². The topological polar surface area (TPSA) is 61.3 Å². The van der Waals surface area contributed by atoms with E-state index in [0.29, 0.717) is 12.1 Å². The van der Waals surface area contributed by atoms with Crippen molar-refractivity contribution in [2.24, 2.45) is 11.5 Å². The molecule has 0 aromatic carbocycles. The Morgan fingerprint density at radius 2 is 1.54 bits per heavy atom. The minimum absolute atomic E-state index is 0.324. The van der Waals surface area contributed by atoms with E-state index in [1.165, 1.54) is 32.1 Å². The lowest BCUT2D eigenvalue weighted by Crippen LogP contribution is -2.22. The molecule has 0 amide bonds. The molecule has 2 fully saturated rings. The zero-order valence-corrected chi connectivity index (χ0v) is 8.37. The van der Waals surface area contributed by atoms with Gasteiger partial charge in [0.1, 0.15) is 0 Å². The van der Waals surface area contributed by atoms with Gasteiger partial charge in [-0.25, -0.2) is 0 Å². The highest BCUT2D eigenvalue weighted by Gasteiger charge is 2.08. The largest absolute Gasteiger partial charge is 0.380 e. The van der Waals surface area contributed by atoms with E-state index in [9.17, 15) is 0 Å². The fourth-order valence-electron chi connectivity index (χ4n) is 1.69. The van der Waals surface area contributed by atoms with Crippen LogP contribution in [0.4, 0.5) is 0 Å². The molecule has 13 heavy (non-hydrogen) atoms. The standard InChI is InChI=1S/C6H13N.C4H9NO/c7-6-4-2-1-3-5-6;5-4-1-2-6-3-4/h6H,1-5,7H2;4H,1-3,5H2. The molecule has 1 unspecified atom stereocenters. The summed E-state index contributed by atoms with van der Waals surface area (Å²) in [5.74, 6) is 0. The molecule has 2 rings (SSSR count). The quantitative estimate of drug-likeness (QED) is 0.593. The Balaban J connectivity index is 0.000000132. The second kappa shape index (κ2) is 6.35. The monoisotopic (exact) mass is 186 g/mol. The smallest absolute Gasteiger partial charge is 0.0618 e. The summed E-state index contributed by atoms with van der Waals surface area (Å²) in [6.07, 6.45) is 7.70. The van der Waals surface area contributed by atoms with Crippen LogP contribution in [0.25, 0.3) is 0 Å². The molecule has 1 saturated heterocycles. The van der Waals surface area contributed by atoms with Gasteiger partial charge in [-0.1, -0.05) is 19.3 Å². The predicted molar refractivity (Wildman–Crippen MR) is 54.5 cm³/mol. The van der Waals surface area contributed by atoms with Crippen LogP contribution >= 0.6 is 0 Å². The van der Waals surface area contributed by atoms with E-state index in [1.54, 1.807) is 0 Å². The van der Waals surface area contributed by atoms with Gasteiger partial charge in [0.2, 0.25) is 0 Å². The number of nitrogens with two attached hydrogens (primary N) is 2. The summed E-state index contributed by atoms with van der Waals surface area (Å²) in [6, 6.07) is 0.860. The molecule has 1 atom stereocenters. The van der Waals surface area contributed by atoms with Crippen molar-refractivity contribution in [2.75, 3.05) is 13.2 Å². The number of rotatable bonds is 0. The molecular weight excluding hydrogens is 164 g/mol. The van der Waals surface area contributed by atoms with Crippen molar-refractivity contribution in [3.8, 4) is 0 Å². The molecule has 1 aliphatic carbocycles. The highest BCUT2D eigenvalue weighted by Crippen LogP contribution is 2.14. The second-order valence-electron chi connectivity index (χ2n) is 4.02. The Kier molecular flexibility index (Phi) is 5.35. The van der Waals surface area contributed by atoms with E-state index in [2.05, 4.69) is 0 Å². The Morgan fingerprint density at radius 3 is 1.77 bits per heavy atom. The lowest BCUT2D eigenvalue weighted by atomic mass is 9.97. The van der Waals surface area contributed by atoms with Crippen molar-refractivity contribution in [2.45, 2.75) is 50.6 Å². The second-order valence-corrected chi connectivity index (χ2v) is 4.02. The lowest BCUT2D eigenvalue weighted by molar-refractivity contribution is 0.194. The van der Waals surface area contributed by atoms with E-state index in [1.807, 2.05) is 0 Å². The molecule has 1 aliphatic heterocycles. The minimum Gasteiger partial charge on any atom is -0.380 e. The van der Waals surface area contributed by atoms with Gasteiger partial charge in [-0.05, 0) is 19.3 Å². The fraction of sp³-hybridized carbons (Fsp3) is 1.00. The Hall–Kier alpha value is -0.120. The van der Waals surface area contributed by atoms with Crippen LogP contribution in [0.1, 0.15) is 38.5 Å². The van der Waals surface area contributed by atoms with Crippen molar-refractivity contribution in [3.63, 3.8) is 0 Å². The van der Waals surface area contributed by atoms with Gasteiger partial charge in [0.05, 0.1) is 6.61 Å². The van der Waals surface area contributed by atoms with Crippen LogP contribution in [0.5, 0.6) is 0 Å². The third-order valence-electron chi connectivity index (χ3n) is 2.61. The van der Waals surface area contributed by atoms with Crippen LogP contribution in [0, 0.1) is 0 Å². The molecule has 1 heterocycles. The molecule has 4 N–H and O–H groups in total. The van der Waals surface area contributed by atoms with Crippen LogP contribution in [0.2, 0.25) is 0 Å². The third-order valence-corrected chi connectivity index (χ3v) is 2.61. The number of hydrogen-bond donors (Lipinski definition) is 2. The first-order valence-corrected chi connectivity index (χ1v) is 5.38. The molecule has 0 aromatic rings. The Labute approximate surface area is 80.8 Å². The van der Waals surface area contributed by atoms with Crippen molar-refractivity contribution >= 4 is 0 Å². The molecule has 0 radical (unpaired) electrons. The molecule has 0 bridgehead atoms. The zero-order valence-electron chi connectivity index (χ0n) is 8.37. The molecule has 0 aromatic heterocycles. The van der Waals surface area contributed by atoms with Gasteiger partial charge >= 0.3 is 0 Å². The first-order chi connectivity index (χ1) is 6.29. The summed E-state index contributed by atoms with van der Waals surface area (Å²) < 4.78 is 4.93. The zero-order chi connectivity index (χ0) is 9.52. The van der Waals surface area contributed by atoms with E-state index in [-0.39, 0.29) is 0 Å². The molecular formula is C10H22N2O. The summed E-state index contributed by atoms with van der Waals surface area (Å²) in [5, 5.41) is 0. The maximum absolute atomic E-state index is 5.63. The first-order valence-electron chi connectivity index (χ1n) is 5.38. The summed E-state index contributed by atoms with van der Waals surface area (Å²) in [4.78, 5) is 0. The normalized spacial score (nSPS) is 29.5. The van der Waals surface area contributed by atoms with Crippen molar-refractivity contribution in [3.05, 3.63) is 0 Å². The Morgan fingerprint density at radius 1 is 0.846 bits per heavy atom. The summed E-state index contributed by atoms with van der Waals surface area (Å²) in [7, 11) is 0. The van der Waals surface area contributed by atoms with Gasteiger partial charge in [-0.3, -0.25) is 0 Å². The van der Waals surface area contributed by atoms with Gasteiger partial charge in [0, 0.05) is 18.7 Å². The summed E-state index contributed by atoms with van der Waals surface area (Å²) in [5.41, 5.74) is 11.0. The van der Waals surface area contributed by atoms with E-state index in [0.717, 1.165) is 19.6 Å². The van der Waals surface area contributed by atoms with Crippen molar-refractivity contribution in [1.29, 1.82) is 0 Å². The van der Waals surface area contributed by atoms with Gasteiger partial charge in [0.15, 0.2) is 0 Å². The maximum Gasteiger partial charge on any atom is 0.0618 e. The summed E-state index contributed by atoms with van der Waals surface area (Å²) in [6.45, 7) is 1.63. The van der Waals surface area contributed by atoms with Crippen LogP contribution in [-0.4, -0.2) is 25.3 Å². The van der Waals surface area contributed by atoms with E-state index < -0.39 is 0 Å². The van der Waals surface area contributed by atoms with E-state index >= 15 is 0 Å². The van der Waals surface area contributed by atoms with Crippen molar-refractivity contribution < 1.29 is 4.74 Å². The lowest BCUT2D eigenvalue weighted by Gasteiger charge is -2.15. The molecule has 1 saturated carbocycles. The minimum atomic E-state index is 0.324. The number of ether oxygens (including phenoxy) is 1. The molecule has 3 nitrogen and oxygen atoms in total. The van der Waals surface area contributed by atoms with Crippen LogP contribution in [0.15, 0.2) is 0 Å². The van der Waals surface area contributed by atoms with E-state index in [4.69, 9.17) is 16.2 Å².